The number of rotatable bonds is 0. The molecule has 0 radical (unpaired) electrons. The predicted octanol–water partition coefficient (Wildman–Crippen LogP) is 1.65. The Morgan fingerprint density at radius 3 is 3.22 bits per heavy atom. The molecule has 2 atom stereocenters. The number of benzene rings is 1. The topological polar surface area (TPSA) is 12.0 Å². The van der Waals surface area contributed by atoms with E-state index in [2.05, 4.69) is 5.32 Å². The second kappa shape index (κ2) is 1.76. The highest BCUT2D eigenvalue weighted by molar-refractivity contribution is 5.54. The molecule has 0 spiro atoms. The fraction of sp³-hybridized carbons (Fsp3) is 0.250. The van der Waals surface area contributed by atoms with Crippen LogP contribution in [0, 0.1) is 0 Å². The summed E-state index contributed by atoms with van der Waals surface area (Å²) in [6.07, 6.45) is -0.425. The number of nitrogens with one attached hydrogen (secondary N) is 1. The van der Waals surface area contributed by atoms with Gasteiger partial charge in [0.2, 0.25) is 0 Å². The standard InChI is InChI=1S/C8H9N/c1-2-4-8-7(3-1)5-6-9-8/h1-4,9H,5-6H2/i5D,6D. The van der Waals surface area contributed by atoms with Gasteiger partial charge in [-0.2, -0.15) is 0 Å². The zero-order valence-electron chi connectivity index (χ0n) is 6.96. The molecule has 2 rings (SSSR count). The molecule has 0 saturated carbocycles. The van der Waals surface area contributed by atoms with Crippen LogP contribution in [-0.4, -0.2) is 6.52 Å². The molecule has 0 saturated heterocycles. The zero-order valence-corrected chi connectivity index (χ0v) is 4.96. The normalized spacial score (nSPS) is 34.2. The van der Waals surface area contributed by atoms with E-state index >= 15 is 0 Å². The molecule has 0 aromatic heterocycles. The van der Waals surface area contributed by atoms with Gasteiger partial charge in [0.05, 0.1) is 0 Å². The maximum Gasteiger partial charge on any atom is 0.0494 e. The van der Waals surface area contributed by atoms with Gasteiger partial charge in [-0.05, 0) is 18.0 Å². The molecule has 1 aliphatic rings. The lowest BCUT2D eigenvalue weighted by molar-refractivity contribution is 1.11. The Labute approximate surface area is 57.5 Å². The maximum absolute atomic E-state index is 7.57. The van der Waals surface area contributed by atoms with Crippen molar-refractivity contribution in [3.05, 3.63) is 29.8 Å². The molecule has 1 aromatic carbocycles. The summed E-state index contributed by atoms with van der Waals surface area (Å²) < 4.78 is 15.0. The molecule has 0 fully saturated rings. The number of hydrogen-bond donors (Lipinski definition) is 1. The third-order valence-corrected chi connectivity index (χ3v) is 1.46. The van der Waals surface area contributed by atoms with Crippen LogP contribution in [0.4, 0.5) is 5.69 Å². The second-order valence-corrected chi connectivity index (χ2v) is 2.06. The number of anilines is 1. The molecule has 2 unspecified atom stereocenters. The van der Waals surface area contributed by atoms with Crippen LogP contribution in [0.2, 0.25) is 0 Å². The van der Waals surface area contributed by atoms with Crippen molar-refractivity contribution in [2.45, 2.75) is 6.40 Å². The van der Waals surface area contributed by atoms with Crippen LogP contribution < -0.4 is 5.32 Å². The summed E-state index contributed by atoms with van der Waals surface area (Å²) in [4.78, 5) is 0. The van der Waals surface area contributed by atoms with Gasteiger partial charge < -0.3 is 5.32 Å². The molecule has 0 aliphatic carbocycles. The maximum atomic E-state index is 7.57. The van der Waals surface area contributed by atoms with Crippen molar-refractivity contribution in [2.75, 3.05) is 11.8 Å². The van der Waals surface area contributed by atoms with Crippen molar-refractivity contribution in [2.24, 2.45) is 0 Å². The third-order valence-electron chi connectivity index (χ3n) is 1.46. The molecule has 0 amide bonds. The van der Waals surface area contributed by atoms with Crippen molar-refractivity contribution in [1.82, 2.24) is 0 Å². The molecular weight excluding hydrogens is 110 g/mol. The molecule has 0 bridgehead atoms. The van der Waals surface area contributed by atoms with E-state index in [1.54, 1.807) is 0 Å². The van der Waals surface area contributed by atoms with Crippen LogP contribution in [0.5, 0.6) is 0 Å². The Hall–Kier alpha value is -0.980. The van der Waals surface area contributed by atoms with Crippen molar-refractivity contribution in [3.8, 4) is 0 Å². The van der Waals surface area contributed by atoms with Gasteiger partial charge in [-0.1, -0.05) is 18.2 Å². The van der Waals surface area contributed by atoms with E-state index in [-0.39, 0.29) is 0 Å². The highest BCUT2D eigenvalue weighted by Gasteiger charge is 2.05. The van der Waals surface area contributed by atoms with Gasteiger partial charge in [0.15, 0.2) is 0 Å². The first kappa shape index (κ1) is 3.25. The van der Waals surface area contributed by atoms with Gasteiger partial charge in [-0.3, -0.25) is 0 Å². The molecule has 1 nitrogen and oxygen atoms in total. The monoisotopic (exact) mass is 121 g/mol. The zero-order chi connectivity index (χ0) is 7.84. The minimum atomic E-state index is -0.493. The fourth-order valence-electron chi connectivity index (χ4n) is 0.995. The molecule has 1 aliphatic heterocycles. The van der Waals surface area contributed by atoms with E-state index in [9.17, 15) is 0 Å². The summed E-state index contributed by atoms with van der Waals surface area (Å²) in [5.74, 6) is 0. The molecule has 1 aromatic rings. The van der Waals surface area contributed by atoms with Crippen LogP contribution in [0.1, 0.15) is 8.30 Å². The van der Waals surface area contributed by atoms with Crippen LogP contribution >= 0.6 is 0 Å². The van der Waals surface area contributed by atoms with Crippen LogP contribution in [0.3, 0.4) is 0 Å². The smallest absolute Gasteiger partial charge is 0.0494 e. The van der Waals surface area contributed by atoms with Gasteiger partial charge >= 0.3 is 0 Å². The van der Waals surface area contributed by atoms with Gasteiger partial charge in [0.1, 0.15) is 0 Å². The molecule has 1 heteroatoms. The van der Waals surface area contributed by atoms with E-state index in [0.717, 1.165) is 11.3 Å². The summed E-state index contributed by atoms with van der Waals surface area (Å²) >= 11 is 0. The molecule has 1 heterocycles. The fourth-order valence-corrected chi connectivity index (χ4v) is 0.995. The Morgan fingerprint density at radius 1 is 1.44 bits per heavy atom. The lowest BCUT2D eigenvalue weighted by Gasteiger charge is -1.94. The average Bonchev–Trinajstić information content (AvgIpc) is 2.30. The summed E-state index contributed by atoms with van der Waals surface area (Å²) in [6, 6.07) is 7.62. The second-order valence-electron chi connectivity index (χ2n) is 2.06. The minimum Gasteiger partial charge on any atom is -0.384 e. The average molecular weight is 121 g/mol. The molecule has 9 heavy (non-hydrogen) atoms. The van der Waals surface area contributed by atoms with E-state index in [1.165, 1.54) is 0 Å². The summed E-state index contributed by atoms with van der Waals surface area (Å²) in [7, 11) is 0. The summed E-state index contributed by atoms with van der Waals surface area (Å²) in [5, 5.41) is 2.93. The van der Waals surface area contributed by atoms with Gasteiger partial charge in [-0.25, -0.2) is 0 Å². The van der Waals surface area contributed by atoms with E-state index < -0.39 is 12.9 Å². The first-order valence-electron chi connectivity index (χ1n) is 4.14. The lowest BCUT2D eigenvalue weighted by atomic mass is 10.2. The SMILES string of the molecule is [2H]C1Nc2ccccc2C1[2H]. The third kappa shape index (κ3) is 0.689. The lowest BCUT2D eigenvalue weighted by Crippen LogP contribution is -1.90. The van der Waals surface area contributed by atoms with E-state index in [0.29, 0.717) is 0 Å². The Balaban J connectivity index is 2.47. The largest absolute Gasteiger partial charge is 0.384 e. The van der Waals surface area contributed by atoms with E-state index in [1.807, 2.05) is 24.3 Å². The Bertz CT molecular complexity index is 275. The number of para-hydroxylation sites is 1. The first-order chi connectivity index (χ1) is 5.29. The van der Waals surface area contributed by atoms with Crippen LogP contribution in [0.15, 0.2) is 24.3 Å². The minimum absolute atomic E-state index is 0.425. The van der Waals surface area contributed by atoms with E-state index in [4.69, 9.17) is 2.74 Å². The van der Waals surface area contributed by atoms with Crippen molar-refractivity contribution >= 4 is 5.69 Å². The van der Waals surface area contributed by atoms with Crippen LogP contribution in [-0.2, 0) is 6.40 Å². The van der Waals surface area contributed by atoms with Crippen molar-refractivity contribution < 1.29 is 2.74 Å². The summed E-state index contributed by atoms with van der Waals surface area (Å²) in [5.41, 5.74) is 1.88. The summed E-state index contributed by atoms with van der Waals surface area (Å²) in [6.45, 7) is -0.493. The highest BCUT2D eigenvalue weighted by Crippen LogP contribution is 2.19. The number of aryl methyl sites for hydroxylation is 1. The number of fused-ring (bicyclic) bond motifs is 1. The van der Waals surface area contributed by atoms with Gasteiger partial charge in [0, 0.05) is 14.9 Å². The Kier molecular flexibility index (Phi) is 0.637. The van der Waals surface area contributed by atoms with Crippen molar-refractivity contribution in [3.63, 3.8) is 0 Å². The predicted molar refractivity (Wildman–Crippen MR) is 38.6 cm³/mol. The molecule has 46 valence electrons. The van der Waals surface area contributed by atoms with Gasteiger partial charge in [-0.15, -0.1) is 0 Å². The molecular formula is C8H9N. The molecule has 1 N–H and O–H groups in total. The van der Waals surface area contributed by atoms with Crippen LogP contribution in [0.25, 0.3) is 0 Å². The highest BCUT2D eigenvalue weighted by atomic mass is 14.9. The Morgan fingerprint density at radius 2 is 2.33 bits per heavy atom. The first-order valence-corrected chi connectivity index (χ1v) is 2.99. The number of hydrogen-bond acceptors (Lipinski definition) is 1. The quantitative estimate of drug-likeness (QED) is 0.550. The van der Waals surface area contributed by atoms with Gasteiger partial charge in [0.25, 0.3) is 0 Å². The van der Waals surface area contributed by atoms with Crippen molar-refractivity contribution in [1.29, 1.82) is 0 Å².